The summed E-state index contributed by atoms with van der Waals surface area (Å²) in [6.45, 7) is 9.51. The standard InChI is InChI=1S/C30H46N6O6/c1-5-24-31-12-18-34(24)15-9-27(37)40-21-30(8-4,22-41-28(38)10-16-35-19-13-32-25(35)6-2)23-42-29(39)11-17-36-20-14-33-26(36)7-3/h12-14,18-20,27,37H,5-11,15-17,21-23H2,1-4H3. The molecule has 12 nitrogen and oxygen atoms in total. The summed E-state index contributed by atoms with van der Waals surface area (Å²) in [5, 5.41) is 10.6. The number of imidazole rings is 3. The van der Waals surface area contributed by atoms with Gasteiger partial charge in [0, 0.05) is 82.5 Å². The molecule has 0 saturated heterocycles. The van der Waals surface area contributed by atoms with Crippen LogP contribution in [0.4, 0.5) is 0 Å². The lowest BCUT2D eigenvalue weighted by molar-refractivity contribution is -0.171. The Hall–Kier alpha value is -3.51. The maximum absolute atomic E-state index is 12.7. The molecule has 3 aromatic heterocycles. The molecule has 3 rings (SSSR count). The van der Waals surface area contributed by atoms with E-state index in [1.807, 2.05) is 60.0 Å². The largest absolute Gasteiger partial charge is 0.465 e. The molecular weight excluding hydrogens is 540 g/mol. The maximum Gasteiger partial charge on any atom is 0.307 e. The molecule has 0 fully saturated rings. The van der Waals surface area contributed by atoms with Gasteiger partial charge in [-0.3, -0.25) is 9.59 Å². The number of aromatic nitrogens is 6. The molecule has 12 heteroatoms. The number of hydrogen-bond acceptors (Lipinski definition) is 9. The van der Waals surface area contributed by atoms with Crippen LogP contribution < -0.4 is 0 Å². The summed E-state index contributed by atoms with van der Waals surface area (Å²) in [6.07, 6.45) is 13.3. The van der Waals surface area contributed by atoms with Crippen molar-refractivity contribution in [2.24, 2.45) is 5.41 Å². The van der Waals surface area contributed by atoms with Crippen LogP contribution in [0.3, 0.4) is 0 Å². The third-order valence-electron chi connectivity index (χ3n) is 7.50. The Balaban J connectivity index is 1.57. The van der Waals surface area contributed by atoms with Crippen LogP contribution >= 0.6 is 0 Å². The minimum atomic E-state index is -1.04. The average molecular weight is 587 g/mol. The van der Waals surface area contributed by atoms with E-state index in [1.165, 1.54) is 0 Å². The smallest absolute Gasteiger partial charge is 0.307 e. The van der Waals surface area contributed by atoms with Gasteiger partial charge in [0.2, 0.25) is 0 Å². The first-order valence-corrected chi connectivity index (χ1v) is 14.9. The summed E-state index contributed by atoms with van der Waals surface area (Å²) in [7, 11) is 0. The number of nitrogens with zero attached hydrogens (tertiary/aromatic N) is 6. The number of esters is 2. The monoisotopic (exact) mass is 586 g/mol. The lowest BCUT2D eigenvalue weighted by atomic mass is 9.88. The van der Waals surface area contributed by atoms with Crippen LogP contribution in [0, 0.1) is 5.41 Å². The van der Waals surface area contributed by atoms with Crippen molar-refractivity contribution in [2.45, 2.75) is 98.6 Å². The molecule has 0 spiro atoms. The quantitative estimate of drug-likeness (QED) is 0.156. The summed E-state index contributed by atoms with van der Waals surface area (Å²) < 4.78 is 23.1. The molecule has 1 N–H and O–H groups in total. The van der Waals surface area contributed by atoms with Gasteiger partial charge in [-0.2, -0.15) is 0 Å². The molecule has 0 aliphatic carbocycles. The number of ether oxygens (including phenoxy) is 3. The van der Waals surface area contributed by atoms with Crippen LogP contribution in [-0.2, 0) is 62.7 Å². The summed E-state index contributed by atoms with van der Waals surface area (Å²) in [4.78, 5) is 38.3. The maximum atomic E-state index is 12.7. The van der Waals surface area contributed by atoms with E-state index in [-0.39, 0.29) is 44.6 Å². The lowest BCUT2D eigenvalue weighted by Crippen LogP contribution is -2.40. The SMILES string of the molecule is CCc1nccn1CCC(=O)OCC(CC)(COC(=O)CCn1ccnc1CC)COC(O)CCn1ccnc1CC. The zero-order valence-corrected chi connectivity index (χ0v) is 25.4. The Bertz CT molecular complexity index is 1170. The Morgan fingerprint density at radius 3 is 1.57 bits per heavy atom. The van der Waals surface area contributed by atoms with Crippen LogP contribution in [0.25, 0.3) is 0 Å². The predicted octanol–water partition coefficient (Wildman–Crippen LogP) is 3.35. The van der Waals surface area contributed by atoms with Gasteiger partial charge in [-0.25, -0.2) is 15.0 Å². The van der Waals surface area contributed by atoms with Gasteiger partial charge in [0.15, 0.2) is 6.29 Å². The van der Waals surface area contributed by atoms with E-state index in [4.69, 9.17) is 14.2 Å². The van der Waals surface area contributed by atoms with E-state index in [0.29, 0.717) is 32.5 Å². The van der Waals surface area contributed by atoms with Gasteiger partial charge in [0.25, 0.3) is 0 Å². The molecule has 0 aliphatic rings. The van der Waals surface area contributed by atoms with E-state index < -0.39 is 11.7 Å². The van der Waals surface area contributed by atoms with Gasteiger partial charge < -0.3 is 33.0 Å². The fraction of sp³-hybridized carbons (Fsp3) is 0.633. The first-order valence-electron chi connectivity index (χ1n) is 14.9. The molecule has 0 aliphatic heterocycles. The van der Waals surface area contributed by atoms with E-state index in [9.17, 15) is 14.7 Å². The molecule has 42 heavy (non-hydrogen) atoms. The van der Waals surface area contributed by atoms with E-state index in [2.05, 4.69) is 15.0 Å². The molecule has 0 amide bonds. The Kier molecular flexibility index (Phi) is 13.2. The molecule has 0 bridgehead atoms. The highest BCUT2D eigenvalue weighted by Gasteiger charge is 2.34. The molecule has 0 aromatic carbocycles. The molecular formula is C30H46N6O6. The average Bonchev–Trinajstić information content (AvgIpc) is 3.78. The molecule has 1 atom stereocenters. The highest BCUT2D eigenvalue weighted by atomic mass is 16.6. The van der Waals surface area contributed by atoms with Gasteiger partial charge in [-0.15, -0.1) is 0 Å². The first-order chi connectivity index (χ1) is 20.3. The van der Waals surface area contributed by atoms with Crippen molar-refractivity contribution in [3.8, 4) is 0 Å². The van der Waals surface area contributed by atoms with Gasteiger partial charge in [0.1, 0.15) is 30.7 Å². The highest BCUT2D eigenvalue weighted by Crippen LogP contribution is 2.26. The van der Waals surface area contributed by atoms with E-state index in [0.717, 1.165) is 36.7 Å². The van der Waals surface area contributed by atoms with Crippen molar-refractivity contribution < 1.29 is 28.9 Å². The van der Waals surface area contributed by atoms with Crippen LogP contribution in [0.1, 0.15) is 70.9 Å². The van der Waals surface area contributed by atoms with Crippen molar-refractivity contribution in [3.05, 3.63) is 54.7 Å². The minimum absolute atomic E-state index is 0.00406. The van der Waals surface area contributed by atoms with Crippen LogP contribution in [0.5, 0.6) is 0 Å². The van der Waals surface area contributed by atoms with Crippen LogP contribution in [0.15, 0.2) is 37.2 Å². The van der Waals surface area contributed by atoms with Gasteiger partial charge in [0.05, 0.1) is 24.9 Å². The Labute approximate surface area is 248 Å². The fourth-order valence-electron chi connectivity index (χ4n) is 4.65. The van der Waals surface area contributed by atoms with E-state index in [1.54, 1.807) is 18.6 Å². The van der Waals surface area contributed by atoms with Crippen molar-refractivity contribution in [3.63, 3.8) is 0 Å². The summed E-state index contributed by atoms with van der Waals surface area (Å²) >= 11 is 0. The van der Waals surface area contributed by atoms with Crippen molar-refractivity contribution >= 4 is 11.9 Å². The van der Waals surface area contributed by atoms with Gasteiger partial charge in [-0.05, 0) is 6.42 Å². The van der Waals surface area contributed by atoms with Crippen molar-refractivity contribution in [1.29, 1.82) is 0 Å². The molecule has 3 aromatic rings. The topological polar surface area (TPSA) is 136 Å². The van der Waals surface area contributed by atoms with Crippen LogP contribution in [0.2, 0.25) is 0 Å². The van der Waals surface area contributed by atoms with E-state index >= 15 is 0 Å². The zero-order chi connectivity index (χ0) is 30.4. The Morgan fingerprint density at radius 2 is 1.17 bits per heavy atom. The predicted molar refractivity (Wildman–Crippen MR) is 155 cm³/mol. The second-order valence-corrected chi connectivity index (χ2v) is 10.4. The minimum Gasteiger partial charge on any atom is -0.465 e. The second-order valence-electron chi connectivity index (χ2n) is 10.4. The van der Waals surface area contributed by atoms with Crippen molar-refractivity contribution in [1.82, 2.24) is 28.7 Å². The van der Waals surface area contributed by atoms with Gasteiger partial charge >= 0.3 is 11.9 Å². The number of carbonyl (C=O) groups is 2. The molecule has 3 heterocycles. The van der Waals surface area contributed by atoms with Crippen molar-refractivity contribution in [2.75, 3.05) is 19.8 Å². The summed E-state index contributed by atoms with van der Waals surface area (Å²) in [5.41, 5.74) is -0.816. The number of aryl methyl sites for hydroxylation is 6. The fourth-order valence-corrected chi connectivity index (χ4v) is 4.65. The zero-order valence-electron chi connectivity index (χ0n) is 25.4. The number of aliphatic hydroxyl groups is 1. The summed E-state index contributed by atoms with van der Waals surface area (Å²) in [6, 6.07) is 0. The molecule has 0 radical (unpaired) electrons. The number of hydrogen-bond donors (Lipinski definition) is 1. The van der Waals surface area contributed by atoms with Gasteiger partial charge in [-0.1, -0.05) is 27.7 Å². The molecule has 1 unspecified atom stereocenters. The van der Waals surface area contributed by atoms with Crippen LogP contribution in [-0.4, -0.2) is 71.8 Å². The third-order valence-corrected chi connectivity index (χ3v) is 7.50. The first kappa shape index (κ1) is 33.0. The summed E-state index contributed by atoms with van der Waals surface area (Å²) in [5.74, 6) is 2.02. The number of rotatable bonds is 20. The number of aliphatic hydroxyl groups excluding tert-OH is 1. The second kappa shape index (κ2) is 16.8. The normalized spacial score (nSPS) is 12.4. The third kappa shape index (κ3) is 9.80. The molecule has 0 saturated carbocycles. The Morgan fingerprint density at radius 1 is 0.738 bits per heavy atom. The highest BCUT2D eigenvalue weighted by molar-refractivity contribution is 5.69. The number of carbonyl (C=O) groups excluding carboxylic acids is 2. The lowest BCUT2D eigenvalue weighted by Gasteiger charge is -2.32. The molecule has 232 valence electrons.